The maximum absolute atomic E-state index is 6.50. The number of benzene rings is 5. The first-order valence-corrected chi connectivity index (χ1v) is 16.4. The number of hydrogen-bond donors (Lipinski definition) is 0. The van der Waals surface area contributed by atoms with Crippen LogP contribution in [0.3, 0.4) is 0 Å². The Morgan fingerprint density at radius 1 is 0.694 bits per heavy atom. The number of fused-ring (bicyclic) bond motifs is 4. The second-order valence-electron chi connectivity index (χ2n) is 13.7. The van der Waals surface area contributed by atoms with Crippen molar-refractivity contribution >= 4 is 44.6 Å². The van der Waals surface area contributed by atoms with E-state index in [2.05, 4.69) is 160 Å². The third-order valence-corrected chi connectivity index (χ3v) is 9.14. The minimum atomic E-state index is -0.00258. The zero-order valence-corrected chi connectivity index (χ0v) is 30.8. The van der Waals surface area contributed by atoms with Crippen LogP contribution in [-0.2, 0) is 26.5 Å². The molecule has 248 valence electrons. The van der Waals surface area contributed by atoms with Gasteiger partial charge in [0.1, 0.15) is 5.82 Å². The van der Waals surface area contributed by atoms with Crippen LogP contribution in [0.15, 0.2) is 109 Å². The number of rotatable bonds is 5. The average molecular weight is 821 g/mol. The minimum absolute atomic E-state index is 0. The molecule has 1 aliphatic rings. The van der Waals surface area contributed by atoms with Crippen LogP contribution in [0.5, 0.6) is 11.5 Å². The summed E-state index contributed by atoms with van der Waals surface area (Å²) in [5.74, 6) is 2.10. The van der Waals surface area contributed by atoms with Gasteiger partial charge < -0.3 is 19.1 Å². The molecule has 0 radical (unpaired) electrons. The Labute approximate surface area is 303 Å². The average Bonchev–Trinajstić information content (AvgIpc) is 3.60. The van der Waals surface area contributed by atoms with Crippen molar-refractivity contribution in [2.75, 3.05) is 9.80 Å². The van der Waals surface area contributed by atoms with E-state index in [4.69, 9.17) is 9.72 Å². The summed E-state index contributed by atoms with van der Waals surface area (Å²) in [6, 6.07) is 42.9. The molecule has 3 heterocycles. The smallest absolute Gasteiger partial charge is 0.135 e. The molecule has 1 aliphatic heterocycles. The summed E-state index contributed by atoms with van der Waals surface area (Å²) in [4.78, 5) is 9.27. The van der Waals surface area contributed by atoms with Crippen molar-refractivity contribution in [2.45, 2.75) is 47.0 Å². The number of pyridine rings is 1. The van der Waals surface area contributed by atoms with Gasteiger partial charge in [-0.05, 0) is 78.6 Å². The summed E-state index contributed by atoms with van der Waals surface area (Å²) >= 11 is 0. The van der Waals surface area contributed by atoms with Gasteiger partial charge in [0.2, 0.25) is 0 Å². The van der Waals surface area contributed by atoms with E-state index in [0.29, 0.717) is 11.5 Å². The molecule has 0 unspecified atom stereocenters. The first kappa shape index (κ1) is 32.7. The van der Waals surface area contributed by atoms with Gasteiger partial charge in [0.05, 0.1) is 0 Å². The van der Waals surface area contributed by atoms with Crippen LogP contribution < -0.4 is 14.5 Å². The molecule has 0 bridgehead atoms. The van der Waals surface area contributed by atoms with E-state index in [-0.39, 0.29) is 26.5 Å². The second kappa shape index (κ2) is 12.5. The van der Waals surface area contributed by atoms with Gasteiger partial charge in [-0.15, -0.1) is 48.1 Å². The van der Waals surface area contributed by atoms with Crippen molar-refractivity contribution < 1.29 is 25.8 Å². The van der Waals surface area contributed by atoms with Gasteiger partial charge in [-0.25, -0.2) is 4.98 Å². The maximum Gasteiger partial charge on any atom is 0.135 e. The molecule has 0 spiro atoms. The van der Waals surface area contributed by atoms with Crippen LogP contribution in [-0.4, -0.2) is 9.55 Å². The molecule has 6 heteroatoms. The number of para-hydroxylation sites is 3. The van der Waals surface area contributed by atoms with Crippen molar-refractivity contribution in [1.29, 1.82) is 0 Å². The summed E-state index contributed by atoms with van der Waals surface area (Å²) in [5.41, 5.74) is 11.3. The molecular weight excluding hydrogens is 784 g/mol. The van der Waals surface area contributed by atoms with Gasteiger partial charge in [-0.1, -0.05) is 74.3 Å². The Balaban J connectivity index is 0.00000378. The molecule has 5 nitrogen and oxygen atoms in total. The Kier molecular flexibility index (Phi) is 8.37. The van der Waals surface area contributed by atoms with E-state index in [9.17, 15) is 0 Å². The molecular formula is C43H37N4OPt-3. The second-order valence-corrected chi connectivity index (χ2v) is 13.7. The van der Waals surface area contributed by atoms with Crippen molar-refractivity contribution in [2.24, 2.45) is 0 Å². The van der Waals surface area contributed by atoms with E-state index in [1.54, 1.807) is 0 Å². The molecule has 0 saturated heterocycles. The number of hydrogen-bond acceptors (Lipinski definition) is 4. The third-order valence-electron chi connectivity index (χ3n) is 9.14. The zero-order chi connectivity index (χ0) is 33.2. The standard InChI is InChI=1S/C43H37N4O.Pt/c1-28-22-29(2)42(30(3)23-28)46-27-45(38-16-9-10-17-39(38)46)32-12-11-13-33(25-32)48-34-18-19-36-35-14-7-8-15-37(35)47(40(36)26-34)41-24-31(20-21-44-41)43(4,5)6;/h7-24,27H,1-6H3;/q-3;. The number of aryl methyl sites for hydroxylation is 3. The normalized spacial score (nSPS) is 12.8. The fourth-order valence-corrected chi connectivity index (χ4v) is 6.97. The van der Waals surface area contributed by atoms with E-state index < -0.39 is 0 Å². The van der Waals surface area contributed by atoms with Crippen molar-refractivity contribution in [3.8, 4) is 17.3 Å². The summed E-state index contributed by atoms with van der Waals surface area (Å²) < 4.78 is 8.69. The molecule has 2 aromatic heterocycles. The van der Waals surface area contributed by atoms with E-state index in [1.807, 2.05) is 24.4 Å². The summed E-state index contributed by atoms with van der Waals surface area (Å²) in [6.45, 7) is 15.3. The molecule has 49 heavy (non-hydrogen) atoms. The van der Waals surface area contributed by atoms with Crippen molar-refractivity contribution in [1.82, 2.24) is 9.55 Å². The SMILES string of the molecule is Cc1cc(C)c(N2[CH-]N(c3[c-]c(Oc4[c-]c5c(cc4)c4ccccc4n5-c4cc(C(C)(C)C)ccn4)ccc3)c3ccccc32)c(C)c1.[Pt]. The molecule has 0 fully saturated rings. The van der Waals surface area contributed by atoms with Crippen LogP contribution >= 0.6 is 0 Å². The van der Waals surface area contributed by atoms with Crippen LogP contribution in [0, 0.1) is 39.6 Å². The number of aromatic nitrogens is 2. The summed E-state index contributed by atoms with van der Waals surface area (Å²) in [5, 5.41) is 2.25. The fraction of sp³-hybridized carbons (Fsp3) is 0.163. The van der Waals surface area contributed by atoms with Crippen LogP contribution in [0.1, 0.15) is 43.0 Å². The Hall–Kier alpha value is -4.86. The molecule has 0 N–H and O–H groups in total. The van der Waals surface area contributed by atoms with Gasteiger partial charge in [-0.3, -0.25) is 0 Å². The van der Waals surface area contributed by atoms with Crippen LogP contribution in [0.4, 0.5) is 22.7 Å². The van der Waals surface area contributed by atoms with Crippen LogP contribution in [0.25, 0.3) is 27.6 Å². The van der Waals surface area contributed by atoms with Crippen LogP contribution in [0.2, 0.25) is 0 Å². The third kappa shape index (κ3) is 5.81. The van der Waals surface area contributed by atoms with Crippen molar-refractivity contribution in [3.05, 3.63) is 150 Å². The minimum Gasteiger partial charge on any atom is -0.509 e. The van der Waals surface area contributed by atoms with Gasteiger partial charge in [0.15, 0.2) is 0 Å². The largest absolute Gasteiger partial charge is 0.509 e. The monoisotopic (exact) mass is 820 g/mol. The molecule has 7 aromatic rings. The molecule has 5 aromatic carbocycles. The van der Waals surface area contributed by atoms with Gasteiger partial charge in [0.25, 0.3) is 0 Å². The van der Waals surface area contributed by atoms with Gasteiger partial charge >= 0.3 is 0 Å². The molecule has 0 aliphatic carbocycles. The first-order chi connectivity index (χ1) is 23.2. The number of anilines is 4. The first-order valence-electron chi connectivity index (χ1n) is 16.4. The fourth-order valence-electron chi connectivity index (χ4n) is 6.97. The predicted octanol–water partition coefficient (Wildman–Crippen LogP) is 11.2. The molecule has 0 saturated carbocycles. The molecule has 8 rings (SSSR count). The topological polar surface area (TPSA) is 33.5 Å². The van der Waals surface area contributed by atoms with E-state index in [1.165, 1.54) is 27.9 Å². The molecule has 0 atom stereocenters. The Morgan fingerprint density at radius 3 is 2.14 bits per heavy atom. The van der Waals surface area contributed by atoms with E-state index in [0.717, 1.165) is 44.7 Å². The summed E-state index contributed by atoms with van der Waals surface area (Å²) in [7, 11) is 0. The predicted molar refractivity (Wildman–Crippen MR) is 197 cm³/mol. The molecule has 0 amide bonds. The zero-order valence-electron chi connectivity index (χ0n) is 28.5. The number of nitrogens with zero attached hydrogens (tertiary/aromatic N) is 4. The van der Waals surface area contributed by atoms with Gasteiger partial charge in [-0.2, -0.15) is 12.1 Å². The quantitative estimate of drug-likeness (QED) is 0.162. The maximum atomic E-state index is 6.50. The summed E-state index contributed by atoms with van der Waals surface area (Å²) in [6.07, 6.45) is 1.90. The Bertz CT molecular complexity index is 2330. The van der Waals surface area contributed by atoms with Gasteiger partial charge in [0, 0.05) is 61.3 Å². The Morgan fingerprint density at radius 2 is 1.39 bits per heavy atom. The van der Waals surface area contributed by atoms with E-state index >= 15 is 0 Å². The number of ether oxygens (including phenoxy) is 1. The van der Waals surface area contributed by atoms with Crippen molar-refractivity contribution in [3.63, 3.8) is 0 Å².